The Balaban J connectivity index is 1.50. The predicted octanol–water partition coefficient (Wildman–Crippen LogP) is 5.13. The van der Waals surface area contributed by atoms with Crippen molar-refractivity contribution in [3.8, 4) is 0 Å². The fraction of sp³-hybridized carbons (Fsp3) is 1.00. The zero-order valence-electron chi connectivity index (χ0n) is 12.5. The van der Waals surface area contributed by atoms with Gasteiger partial charge in [-0.05, 0) is 91.8 Å². The molecule has 0 radical (unpaired) electrons. The van der Waals surface area contributed by atoms with E-state index in [1.54, 1.807) is 44.9 Å². The van der Waals surface area contributed by atoms with E-state index in [4.69, 9.17) is 0 Å². The molecule has 0 saturated heterocycles. The van der Waals surface area contributed by atoms with Gasteiger partial charge in [-0.1, -0.05) is 20.8 Å². The van der Waals surface area contributed by atoms with E-state index in [0.29, 0.717) is 0 Å². The highest BCUT2D eigenvalue weighted by Gasteiger charge is 2.56. The lowest BCUT2D eigenvalue weighted by Gasteiger charge is -2.38. The molecule has 0 spiro atoms. The van der Waals surface area contributed by atoms with Gasteiger partial charge in [-0.3, -0.25) is 0 Å². The molecule has 0 heterocycles. The first-order valence-electron chi connectivity index (χ1n) is 8.59. The van der Waals surface area contributed by atoms with Gasteiger partial charge in [0.2, 0.25) is 0 Å². The average molecular weight is 246 g/mol. The Morgan fingerprint density at radius 2 is 1.72 bits per heavy atom. The van der Waals surface area contributed by atoms with Gasteiger partial charge in [0.25, 0.3) is 0 Å². The Labute approximate surface area is 113 Å². The van der Waals surface area contributed by atoms with E-state index in [2.05, 4.69) is 20.8 Å². The summed E-state index contributed by atoms with van der Waals surface area (Å²) < 4.78 is 0. The van der Waals surface area contributed by atoms with Gasteiger partial charge in [0.1, 0.15) is 0 Å². The van der Waals surface area contributed by atoms with Crippen LogP contribution in [-0.4, -0.2) is 0 Å². The van der Waals surface area contributed by atoms with Crippen LogP contribution in [-0.2, 0) is 0 Å². The minimum absolute atomic E-state index is 0.728. The standard InChI is InChI=1S/C18H30/c1-11-13-4-5-15(8-13)17(11)10-16-9-14-6-7-18(16,3)12(14)2/h11-17H,4-10H2,1-3H3. The van der Waals surface area contributed by atoms with Crippen LogP contribution in [0.3, 0.4) is 0 Å². The molecule has 0 heteroatoms. The molecule has 4 fully saturated rings. The lowest BCUT2D eigenvalue weighted by atomic mass is 9.67. The van der Waals surface area contributed by atoms with Gasteiger partial charge in [0.15, 0.2) is 0 Å². The maximum absolute atomic E-state index is 2.63. The molecular weight excluding hydrogens is 216 g/mol. The van der Waals surface area contributed by atoms with Crippen LogP contribution in [0.25, 0.3) is 0 Å². The van der Waals surface area contributed by atoms with Gasteiger partial charge in [0.05, 0.1) is 0 Å². The molecule has 4 aliphatic rings. The van der Waals surface area contributed by atoms with Crippen molar-refractivity contribution in [1.82, 2.24) is 0 Å². The highest BCUT2D eigenvalue weighted by Crippen LogP contribution is 2.64. The van der Waals surface area contributed by atoms with Crippen molar-refractivity contribution in [3.63, 3.8) is 0 Å². The highest BCUT2D eigenvalue weighted by atomic mass is 14.6. The van der Waals surface area contributed by atoms with E-state index in [1.165, 1.54) is 0 Å². The molecule has 0 aromatic rings. The van der Waals surface area contributed by atoms with Crippen molar-refractivity contribution in [1.29, 1.82) is 0 Å². The molecule has 4 aliphatic carbocycles. The lowest BCUT2D eigenvalue weighted by Crippen LogP contribution is -2.30. The van der Waals surface area contributed by atoms with E-state index in [0.717, 1.165) is 46.8 Å². The van der Waals surface area contributed by atoms with E-state index >= 15 is 0 Å². The maximum atomic E-state index is 2.63. The third-order valence-corrected chi connectivity index (χ3v) is 8.42. The molecule has 4 rings (SSSR count). The topological polar surface area (TPSA) is 0 Å². The summed E-state index contributed by atoms with van der Waals surface area (Å²) in [7, 11) is 0. The number of rotatable bonds is 2. The Morgan fingerprint density at radius 3 is 2.28 bits per heavy atom. The van der Waals surface area contributed by atoms with E-state index < -0.39 is 0 Å². The zero-order valence-corrected chi connectivity index (χ0v) is 12.5. The number of hydrogen-bond acceptors (Lipinski definition) is 0. The van der Waals surface area contributed by atoms with Crippen molar-refractivity contribution in [2.24, 2.45) is 46.8 Å². The Bertz CT molecular complexity index is 344. The van der Waals surface area contributed by atoms with Gasteiger partial charge in [-0.25, -0.2) is 0 Å². The Kier molecular flexibility index (Phi) is 2.47. The summed E-state index contributed by atoms with van der Waals surface area (Å²) in [6.45, 7) is 7.77. The lowest BCUT2D eigenvalue weighted by molar-refractivity contribution is 0.109. The quantitative estimate of drug-likeness (QED) is 0.633. The van der Waals surface area contributed by atoms with E-state index in [1.807, 2.05) is 0 Å². The first-order chi connectivity index (χ1) is 8.59. The molecule has 0 aliphatic heterocycles. The molecule has 4 saturated carbocycles. The molecule has 0 nitrogen and oxygen atoms in total. The summed E-state index contributed by atoms with van der Waals surface area (Å²) in [6.07, 6.45) is 11.0. The zero-order chi connectivity index (χ0) is 12.5. The SMILES string of the molecule is CC1C2CCC(C2)C1CC1CC2CCC1(C)C2C. The Morgan fingerprint density at radius 1 is 0.944 bits per heavy atom. The van der Waals surface area contributed by atoms with Crippen LogP contribution in [0.4, 0.5) is 0 Å². The normalized spacial score (nSPS) is 61.8. The minimum atomic E-state index is 0.728. The van der Waals surface area contributed by atoms with Gasteiger partial charge in [0, 0.05) is 0 Å². The molecule has 18 heavy (non-hydrogen) atoms. The van der Waals surface area contributed by atoms with E-state index in [-0.39, 0.29) is 0 Å². The molecule has 8 atom stereocenters. The summed E-state index contributed by atoms with van der Waals surface area (Å²) in [6, 6.07) is 0. The smallest absolute Gasteiger partial charge is 0.0269 e. The van der Waals surface area contributed by atoms with E-state index in [9.17, 15) is 0 Å². The predicted molar refractivity (Wildman–Crippen MR) is 76.2 cm³/mol. The average Bonchev–Trinajstić information content (AvgIpc) is 3.05. The van der Waals surface area contributed by atoms with Crippen LogP contribution in [0.5, 0.6) is 0 Å². The summed E-state index contributed by atoms with van der Waals surface area (Å²) in [4.78, 5) is 0. The fourth-order valence-corrected chi connectivity index (χ4v) is 6.84. The van der Waals surface area contributed by atoms with Gasteiger partial charge in [-0.15, -0.1) is 0 Å². The molecule has 8 unspecified atom stereocenters. The molecular formula is C18H30. The molecule has 102 valence electrons. The van der Waals surface area contributed by atoms with Crippen molar-refractivity contribution in [2.45, 2.75) is 65.7 Å². The van der Waals surface area contributed by atoms with Crippen molar-refractivity contribution in [3.05, 3.63) is 0 Å². The van der Waals surface area contributed by atoms with Crippen LogP contribution >= 0.6 is 0 Å². The van der Waals surface area contributed by atoms with Crippen molar-refractivity contribution in [2.75, 3.05) is 0 Å². The van der Waals surface area contributed by atoms with Gasteiger partial charge >= 0.3 is 0 Å². The second kappa shape index (κ2) is 3.76. The first-order valence-corrected chi connectivity index (χ1v) is 8.59. The number of hydrogen-bond donors (Lipinski definition) is 0. The second-order valence-corrected chi connectivity index (χ2v) is 8.62. The van der Waals surface area contributed by atoms with Crippen LogP contribution in [0.1, 0.15) is 65.7 Å². The Hall–Kier alpha value is 0. The maximum Gasteiger partial charge on any atom is -0.0269 e. The third kappa shape index (κ3) is 1.38. The largest absolute Gasteiger partial charge is 0.0620 e. The molecule has 4 bridgehead atoms. The summed E-state index contributed by atoms with van der Waals surface area (Å²) in [5, 5.41) is 0. The first kappa shape index (κ1) is 11.8. The van der Waals surface area contributed by atoms with Gasteiger partial charge in [-0.2, -0.15) is 0 Å². The number of fused-ring (bicyclic) bond motifs is 4. The summed E-state index contributed by atoms with van der Waals surface area (Å²) >= 11 is 0. The van der Waals surface area contributed by atoms with Crippen molar-refractivity contribution < 1.29 is 0 Å². The summed E-state index contributed by atoms with van der Waals surface area (Å²) in [5.74, 6) is 7.61. The molecule has 0 amide bonds. The monoisotopic (exact) mass is 246 g/mol. The molecule has 0 N–H and O–H groups in total. The third-order valence-electron chi connectivity index (χ3n) is 8.42. The van der Waals surface area contributed by atoms with Crippen molar-refractivity contribution >= 4 is 0 Å². The highest BCUT2D eigenvalue weighted by molar-refractivity contribution is 5.05. The van der Waals surface area contributed by atoms with Gasteiger partial charge < -0.3 is 0 Å². The van der Waals surface area contributed by atoms with Crippen LogP contribution in [0, 0.1) is 46.8 Å². The minimum Gasteiger partial charge on any atom is -0.0620 e. The second-order valence-electron chi connectivity index (χ2n) is 8.62. The summed E-state index contributed by atoms with van der Waals surface area (Å²) in [5.41, 5.74) is 0.728. The van der Waals surface area contributed by atoms with Crippen LogP contribution in [0.2, 0.25) is 0 Å². The van der Waals surface area contributed by atoms with Crippen LogP contribution in [0.15, 0.2) is 0 Å². The fourth-order valence-electron chi connectivity index (χ4n) is 6.84. The molecule has 0 aromatic heterocycles. The molecule has 0 aromatic carbocycles. The van der Waals surface area contributed by atoms with Crippen LogP contribution < -0.4 is 0 Å².